The first-order valence-corrected chi connectivity index (χ1v) is 5.90. The number of benzene rings is 1. The van der Waals surface area contributed by atoms with E-state index in [1.807, 2.05) is 0 Å². The topological polar surface area (TPSA) is 38.3 Å². The van der Waals surface area contributed by atoms with Crippen LogP contribution in [0, 0.1) is 0 Å². The van der Waals surface area contributed by atoms with Crippen LogP contribution in [0.5, 0.6) is 5.75 Å². The average molecular weight is 233 g/mol. The van der Waals surface area contributed by atoms with Crippen LogP contribution in [0.25, 0.3) is 0 Å². The molecule has 3 heteroatoms. The standard InChI is InChI=1S/C14H19NO2/c1-3-5-10-15-14(16)12-6-8-13(9-7-12)17-11-4-2/h4,6-9H,2-3,5,10-11H2,1H3,(H,15,16). The van der Waals surface area contributed by atoms with E-state index in [9.17, 15) is 4.79 Å². The summed E-state index contributed by atoms with van der Waals surface area (Å²) in [5, 5.41) is 2.87. The van der Waals surface area contributed by atoms with Gasteiger partial charge in [0.05, 0.1) is 0 Å². The molecule has 17 heavy (non-hydrogen) atoms. The van der Waals surface area contributed by atoms with Gasteiger partial charge in [-0.25, -0.2) is 0 Å². The molecule has 0 spiro atoms. The van der Waals surface area contributed by atoms with Gasteiger partial charge in [-0.2, -0.15) is 0 Å². The highest BCUT2D eigenvalue weighted by Crippen LogP contribution is 2.12. The quantitative estimate of drug-likeness (QED) is 0.581. The minimum Gasteiger partial charge on any atom is -0.490 e. The maximum absolute atomic E-state index is 11.7. The molecule has 0 aliphatic carbocycles. The van der Waals surface area contributed by atoms with Crippen LogP contribution in [-0.4, -0.2) is 19.1 Å². The van der Waals surface area contributed by atoms with E-state index in [0.29, 0.717) is 12.2 Å². The van der Waals surface area contributed by atoms with E-state index < -0.39 is 0 Å². The Hall–Kier alpha value is -1.77. The average Bonchev–Trinajstić information content (AvgIpc) is 2.37. The molecule has 3 nitrogen and oxygen atoms in total. The Balaban J connectivity index is 2.48. The first-order chi connectivity index (χ1) is 8.27. The molecule has 0 atom stereocenters. The number of carbonyl (C=O) groups excluding carboxylic acids is 1. The summed E-state index contributed by atoms with van der Waals surface area (Å²) >= 11 is 0. The molecular weight excluding hydrogens is 214 g/mol. The van der Waals surface area contributed by atoms with Crippen molar-refractivity contribution >= 4 is 5.91 Å². The fourth-order valence-electron chi connectivity index (χ4n) is 1.34. The van der Waals surface area contributed by atoms with Crippen LogP contribution in [-0.2, 0) is 0 Å². The van der Waals surface area contributed by atoms with Gasteiger partial charge in [0.2, 0.25) is 0 Å². The van der Waals surface area contributed by atoms with E-state index in [0.717, 1.165) is 25.1 Å². The second-order valence-electron chi connectivity index (χ2n) is 3.73. The summed E-state index contributed by atoms with van der Waals surface area (Å²) in [7, 11) is 0. The number of ether oxygens (including phenoxy) is 1. The zero-order valence-corrected chi connectivity index (χ0v) is 10.2. The van der Waals surface area contributed by atoms with Crippen LogP contribution >= 0.6 is 0 Å². The third kappa shape index (κ3) is 4.72. The first kappa shape index (κ1) is 13.3. The lowest BCUT2D eigenvalue weighted by Gasteiger charge is -2.06. The maximum Gasteiger partial charge on any atom is 0.251 e. The van der Waals surface area contributed by atoms with E-state index in [4.69, 9.17) is 4.74 Å². The van der Waals surface area contributed by atoms with Gasteiger partial charge in [-0.3, -0.25) is 4.79 Å². The van der Waals surface area contributed by atoms with Gasteiger partial charge in [-0.05, 0) is 30.7 Å². The highest BCUT2D eigenvalue weighted by molar-refractivity contribution is 5.94. The van der Waals surface area contributed by atoms with Gasteiger partial charge in [-0.15, -0.1) is 0 Å². The van der Waals surface area contributed by atoms with E-state index in [2.05, 4.69) is 18.8 Å². The molecule has 1 amide bonds. The zero-order chi connectivity index (χ0) is 12.5. The molecule has 0 aromatic heterocycles. The van der Waals surface area contributed by atoms with Crippen molar-refractivity contribution in [3.8, 4) is 5.75 Å². The van der Waals surface area contributed by atoms with Crippen molar-refractivity contribution in [2.75, 3.05) is 13.2 Å². The highest BCUT2D eigenvalue weighted by Gasteiger charge is 2.04. The number of hydrogen-bond acceptors (Lipinski definition) is 2. The van der Waals surface area contributed by atoms with Gasteiger partial charge in [0, 0.05) is 12.1 Å². The maximum atomic E-state index is 11.7. The van der Waals surface area contributed by atoms with Gasteiger partial charge in [0.15, 0.2) is 0 Å². The number of unbranched alkanes of at least 4 members (excludes halogenated alkanes) is 1. The molecule has 0 unspecified atom stereocenters. The normalized spacial score (nSPS) is 9.71. The Morgan fingerprint density at radius 1 is 1.41 bits per heavy atom. The molecule has 0 bridgehead atoms. The lowest BCUT2D eigenvalue weighted by atomic mass is 10.2. The zero-order valence-electron chi connectivity index (χ0n) is 10.2. The van der Waals surface area contributed by atoms with Crippen molar-refractivity contribution in [1.82, 2.24) is 5.32 Å². The van der Waals surface area contributed by atoms with E-state index in [1.165, 1.54) is 0 Å². The summed E-state index contributed by atoms with van der Waals surface area (Å²) < 4.78 is 5.34. The molecule has 0 radical (unpaired) electrons. The Kier molecular flexibility index (Phi) is 5.86. The molecule has 0 aliphatic rings. The van der Waals surface area contributed by atoms with Crippen molar-refractivity contribution < 1.29 is 9.53 Å². The minimum atomic E-state index is -0.0336. The predicted octanol–water partition coefficient (Wildman–Crippen LogP) is 2.78. The van der Waals surface area contributed by atoms with Crippen molar-refractivity contribution in [3.63, 3.8) is 0 Å². The van der Waals surface area contributed by atoms with Crippen LogP contribution in [0.4, 0.5) is 0 Å². The van der Waals surface area contributed by atoms with Crippen LogP contribution in [0.2, 0.25) is 0 Å². The Morgan fingerprint density at radius 3 is 2.71 bits per heavy atom. The molecule has 0 heterocycles. The van der Waals surface area contributed by atoms with Crippen LogP contribution in [0.1, 0.15) is 30.1 Å². The molecule has 1 aromatic carbocycles. The lowest BCUT2D eigenvalue weighted by molar-refractivity contribution is 0.0953. The monoisotopic (exact) mass is 233 g/mol. The summed E-state index contributed by atoms with van der Waals surface area (Å²) in [5.74, 6) is 0.712. The smallest absolute Gasteiger partial charge is 0.251 e. The molecule has 0 fully saturated rings. The van der Waals surface area contributed by atoms with Gasteiger partial charge in [0.1, 0.15) is 12.4 Å². The Labute approximate surface area is 102 Å². The van der Waals surface area contributed by atoms with Gasteiger partial charge < -0.3 is 10.1 Å². The minimum absolute atomic E-state index is 0.0336. The highest BCUT2D eigenvalue weighted by atomic mass is 16.5. The SMILES string of the molecule is C=CCOc1ccc(C(=O)NCCCC)cc1. The van der Waals surface area contributed by atoms with Crippen LogP contribution in [0.3, 0.4) is 0 Å². The second-order valence-corrected chi connectivity index (χ2v) is 3.73. The van der Waals surface area contributed by atoms with E-state index >= 15 is 0 Å². The third-order valence-corrected chi connectivity index (χ3v) is 2.30. The fourth-order valence-corrected chi connectivity index (χ4v) is 1.34. The summed E-state index contributed by atoms with van der Waals surface area (Å²) in [6, 6.07) is 7.11. The number of nitrogens with one attached hydrogen (secondary N) is 1. The lowest BCUT2D eigenvalue weighted by Crippen LogP contribution is -2.24. The number of amides is 1. The number of rotatable bonds is 7. The molecule has 0 saturated carbocycles. The molecule has 1 rings (SSSR count). The molecular formula is C14H19NO2. The predicted molar refractivity (Wildman–Crippen MR) is 69.4 cm³/mol. The molecule has 1 aromatic rings. The summed E-state index contributed by atoms with van der Waals surface area (Å²) in [6.07, 6.45) is 3.77. The van der Waals surface area contributed by atoms with Gasteiger partial charge in [-0.1, -0.05) is 26.0 Å². The largest absolute Gasteiger partial charge is 0.490 e. The van der Waals surface area contributed by atoms with Gasteiger partial charge >= 0.3 is 0 Å². The van der Waals surface area contributed by atoms with Crippen molar-refractivity contribution in [3.05, 3.63) is 42.5 Å². The Bertz CT molecular complexity index is 357. The van der Waals surface area contributed by atoms with Crippen molar-refractivity contribution in [2.24, 2.45) is 0 Å². The third-order valence-electron chi connectivity index (χ3n) is 2.30. The molecule has 1 N–H and O–H groups in total. The molecule has 0 saturated heterocycles. The second kappa shape index (κ2) is 7.49. The number of carbonyl (C=O) groups is 1. The summed E-state index contributed by atoms with van der Waals surface area (Å²) in [6.45, 7) is 6.87. The van der Waals surface area contributed by atoms with Crippen molar-refractivity contribution in [1.29, 1.82) is 0 Å². The Morgan fingerprint density at radius 2 is 2.12 bits per heavy atom. The van der Waals surface area contributed by atoms with Crippen molar-refractivity contribution in [2.45, 2.75) is 19.8 Å². The first-order valence-electron chi connectivity index (χ1n) is 5.90. The molecule has 92 valence electrons. The van der Waals surface area contributed by atoms with Crippen LogP contribution in [0.15, 0.2) is 36.9 Å². The van der Waals surface area contributed by atoms with Crippen LogP contribution < -0.4 is 10.1 Å². The number of hydrogen-bond donors (Lipinski definition) is 1. The van der Waals surface area contributed by atoms with E-state index in [-0.39, 0.29) is 5.91 Å². The molecule has 0 aliphatic heterocycles. The van der Waals surface area contributed by atoms with E-state index in [1.54, 1.807) is 30.3 Å². The summed E-state index contributed by atoms with van der Waals surface area (Å²) in [5.41, 5.74) is 0.659. The summed E-state index contributed by atoms with van der Waals surface area (Å²) in [4.78, 5) is 11.7. The fraction of sp³-hybridized carbons (Fsp3) is 0.357. The van der Waals surface area contributed by atoms with Gasteiger partial charge in [0.25, 0.3) is 5.91 Å².